The van der Waals surface area contributed by atoms with E-state index in [-0.39, 0.29) is 5.22 Å². The fourth-order valence-corrected chi connectivity index (χ4v) is 79.8. The number of hydrogen-bond acceptors (Lipinski definition) is 3. The van der Waals surface area contributed by atoms with Crippen LogP contribution in [0.25, 0.3) is 0 Å². The summed E-state index contributed by atoms with van der Waals surface area (Å²) in [7, 11) is -6.98. The second-order valence-corrected chi connectivity index (χ2v) is 50.0. The Morgan fingerprint density at radius 2 is 1.03 bits per heavy atom. The van der Waals surface area contributed by atoms with Crippen molar-refractivity contribution >= 4 is 41.0 Å². The van der Waals surface area contributed by atoms with Crippen LogP contribution in [0.1, 0.15) is 30.5 Å². The summed E-state index contributed by atoms with van der Waals surface area (Å²) in [4.78, 5) is 0. The minimum absolute atomic E-state index is 0.0889. The largest absolute Gasteiger partial charge is 0.418 e. The molecule has 1 aliphatic rings. The molecule has 1 aliphatic heterocycles. The molecule has 3 nitrogen and oxygen atoms in total. The molecule has 1 atom stereocenters. The maximum Gasteiger partial charge on any atom is 0.171 e. The Hall–Kier alpha value is -1.13. The van der Waals surface area contributed by atoms with Crippen molar-refractivity contribution in [2.24, 2.45) is 0 Å². The van der Waals surface area contributed by atoms with Crippen molar-refractivity contribution in [3.8, 4) is 0 Å². The molecular formula is C23H40N2OSi4. The Balaban J connectivity index is 2.35. The summed E-state index contributed by atoms with van der Waals surface area (Å²) < 4.78 is 7.25. The molecule has 2 aromatic rings. The summed E-state index contributed by atoms with van der Waals surface area (Å²) in [6.45, 7) is 23.2. The summed E-state index contributed by atoms with van der Waals surface area (Å²) in [5, 5.41) is -0.0889. The van der Waals surface area contributed by atoms with Crippen LogP contribution in [0.5, 0.6) is 0 Å². The Kier molecular flexibility index (Phi) is 5.64. The van der Waals surface area contributed by atoms with Crippen LogP contribution in [0, 0.1) is 0 Å². The zero-order chi connectivity index (χ0) is 22.8. The third-order valence-electron chi connectivity index (χ3n) is 9.24. The van der Waals surface area contributed by atoms with Gasteiger partial charge in [0.1, 0.15) is 0 Å². The first-order valence-electron chi connectivity index (χ1n) is 11.0. The molecule has 0 spiro atoms. The fourth-order valence-electron chi connectivity index (χ4n) is 5.97. The van der Waals surface area contributed by atoms with Crippen molar-refractivity contribution in [1.29, 1.82) is 0 Å². The average Bonchev–Trinajstić information content (AvgIpc) is 2.62. The van der Waals surface area contributed by atoms with Crippen molar-refractivity contribution in [2.45, 2.75) is 70.4 Å². The number of benzene rings is 2. The molecular weight excluding hydrogens is 433 g/mol. The predicted octanol–water partition coefficient (Wildman–Crippen LogP) is 5.81. The van der Waals surface area contributed by atoms with Crippen molar-refractivity contribution in [2.75, 3.05) is 11.5 Å². The molecule has 2 aromatic carbocycles. The summed E-state index contributed by atoms with van der Waals surface area (Å²) in [6.07, 6.45) is 0. The Morgan fingerprint density at radius 1 is 0.667 bits per heavy atom. The van der Waals surface area contributed by atoms with Gasteiger partial charge in [0.05, 0.1) is 14.7 Å². The standard InChI is InChI=1S/C23H40N2OSi4/c1-23(2)26-27(3,4)28(5,6)29(7,8)30(23,9)22(18-10-14-20(24)15-11-18)19-12-16-21(25)17-13-19/h10-17,22H,24-25H2,1-9H3. The highest BCUT2D eigenvalue weighted by Gasteiger charge is 2.73. The molecule has 4 N–H and O–H groups in total. The summed E-state index contributed by atoms with van der Waals surface area (Å²) in [6, 6.07) is 17.2. The molecule has 1 fully saturated rings. The van der Waals surface area contributed by atoms with E-state index in [0.717, 1.165) is 11.4 Å². The van der Waals surface area contributed by atoms with Crippen LogP contribution < -0.4 is 11.5 Å². The molecule has 0 aliphatic carbocycles. The quantitative estimate of drug-likeness (QED) is 0.438. The van der Waals surface area contributed by atoms with E-state index in [4.69, 9.17) is 15.9 Å². The van der Waals surface area contributed by atoms with Crippen LogP contribution in [0.4, 0.5) is 11.4 Å². The lowest BCUT2D eigenvalue weighted by molar-refractivity contribution is 0.180. The van der Waals surface area contributed by atoms with E-state index in [2.05, 4.69) is 108 Å². The molecule has 0 radical (unpaired) electrons. The van der Waals surface area contributed by atoms with Gasteiger partial charge in [-0.2, -0.15) is 0 Å². The first-order chi connectivity index (χ1) is 13.6. The predicted molar refractivity (Wildman–Crippen MR) is 143 cm³/mol. The van der Waals surface area contributed by atoms with Gasteiger partial charge >= 0.3 is 0 Å². The Labute approximate surface area is 186 Å². The summed E-state index contributed by atoms with van der Waals surface area (Å²) >= 11 is 0. The Morgan fingerprint density at radius 3 is 1.40 bits per heavy atom. The van der Waals surface area contributed by atoms with Crippen molar-refractivity contribution < 1.29 is 4.43 Å². The maximum absolute atomic E-state index is 7.25. The van der Waals surface area contributed by atoms with Crippen LogP contribution in [-0.2, 0) is 4.43 Å². The van der Waals surface area contributed by atoms with Crippen LogP contribution in [0.3, 0.4) is 0 Å². The van der Waals surface area contributed by atoms with Gasteiger partial charge in [-0.1, -0.05) is 57.0 Å². The number of nitrogens with two attached hydrogens (primary N) is 2. The third-order valence-corrected chi connectivity index (χ3v) is 76.4. The number of anilines is 2. The lowest BCUT2D eigenvalue weighted by Gasteiger charge is -2.68. The SMILES string of the molecule is CC1(C)O[Si](C)(C)[Si](C)(C)[Si](C)(C)[Si]1(C)C(c1ccc(N)cc1)c1ccc(N)cc1. The minimum Gasteiger partial charge on any atom is -0.418 e. The van der Waals surface area contributed by atoms with Gasteiger partial charge in [0.2, 0.25) is 0 Å². The van der Waals surface area contributed by atoms with E-state index in [1.54, 1.807) is 0 Å². The molecule has 7 heteroatoms. The van der Waals surface area contributed by atoms with Gasteiger partial charge in [0.15, 0.2) is 7.83 Å². The minimum atomic E-state index is -2.03. The zero-order valence-corrected chi connectivity index (χ0v) is 24.3. The van der Waals surface area contributed by atoms with Crippen LogP contribution >= 0.6 is 0 Å². The molecule has 0 bridgehead atoms. The molecule has 3 rings (SSSR count). The van der Waals surface area contributed by atoms with Gasteiger partial charge in [-0.15, -0.1) is 0 Å². The number of rotatable bonds is 3. The molecule has 1 unspecified atom stereocenters. The van der Waals surface area contributed by atoms with Crippen LogP contribution in [0.2, 0.25) is 45.8 Å². The molecule has 1 saturated heterocycles. The van der Waals surface area contributed by atoms with Crippen molar-refractivity contribution in [1.82, 2.24) is 0 Å². The lowest BCUT2D eigenvalue weighted by Crippen LogP contribution is -2.92. The molecule has 0 aromatic heterocycles. The highest BCUT2D eigenvalue weighted by Crippen LogP contribution is 2.54. The Bertz CT molecular complexity index is 878. The molecule has 0 saturated carbocycles. The summed E-state index contributed by atoms with van der Waals surface area (Å²) in [5.74, 6) is 0. The van der Waals surface area contributed by atoms with E-state index in [0.29, 0.717) is 5.54 Å². The number of hydrogen-bond donors (Lipinski definition) is 2. The molecule has 0 amide bonds. The zero-order valence-electron chi connectivity index (χ0n) is 20.3. The van der Waals surface area contributed by atoms with Crippen LogP contribution in [0.15, 0.2) is 48.5 Å². The normalized spacial score (nSPS) is 26.5. The second-order valence-electron chi connectivity index (χ2n) is 11.3. The van der Waals surface area contributed by atoms with Gasteiger partial charge < -0.3 is 15.9 Å². The average molecular weight is 473 g/mol. The van der Waals surface area contributed by atoms with Gasteiger partial charge in [0, 0.05) is 29.2 Å². The van der Waals surface area contributed by atoms with Gasteiger partial charge in [0.25, 0.3) is 0 Å². The van der Waals surface area contributed by atoms with E-state index < -0.39 is 29.6 Å². The first kappa shape index (κ1) is 23.5. The van der Waals surface area contributed by atoms with E-state index in [9.17, 15) is 0 Å². The van der Waals surface area contributed by atoms with Gasteiger partial charge in [-0.3, -0.25) is 0 Å². The molecule has 30 heavy (non-hydrogen) atoms. The maximum atomic E-state index is 7.25. The number of nitrogen functional groups attached to an aromatic ring is 2. The highest BCUT2D eigenvalue weighted by atomic mass is 29.8. The first-order valence-corrected chi connectivity index (χ1v) is 25.5. The topological polar surface area (TPSA) is 61.3 Å². The van der Waals surface area contributed by atoms with E-state index in [1.807, 2.05) is 0 Å². The monoisotopic (exact) mass is 472 g/mol. The third kappa shape index (κ3) is 3.21. The van der Waals surface area contributed by atoms with Crippen molar-refractivity contribution in [3.05, 3.63) is 59.7 Å². The molecule has 164 valence electrons. The molecule has 1 heterocycles. The second kappa shape index (κ2) is 7.20. The fraction of sp³-hybridized carbons (Fsp3) is 0.478. The van der Waals surface area contributed by atoms with Gasteiger partial charge in [-0.25, -0.2) is 0 Å². The van der Waals surface area contributed by atoms with E-state index in [1.165, 1.54) is 11.1 Å². The van der Waals surface area contributed by atoms with Crippen LogP contribution in [-0.4, -0.2) is 34.9 Å². The smallest absolute Gasteiger partial charge is 0.171 e. The highest BCUT2D eigenvalue weighted by molar-refractivity contribution is 7.83. The van der Waals surface area contributed by atoms with Crippen molar-refractivity contribution in [3.63, 3.8) is 0 Å². The summed E-state index contributed by atoms with van der Waals surface area (Å²) in [5.41, 5.74) is 16.9. The van der Waals surface area contributed by atoms with Gasteiger partial charge in [-0.05, 0) is 62.3 Å². The van der Waals surface area contributed by atoms with E-state index >= 15 is 0 Å². The lowest BCUT2D eigenvalue weighted by atomic mass is 10.0.